The number of hydrogen-bond donors (Lipinski definition) is 0. The highest BCUT2D eigenvalue weighted by atomic mass is 32.2. The Balaban J connectivity index is 1.58. The molecule has 2 aromatic carbocycles. The lowest BCUT2D eigenvalue weighted by atomic mass is 10.2. The second-order valence-electron chi connectivity index (χ2n) is 6.39. The van der Waals surface area contributed by atoms with Crippen LogP contribution in [0, 0.1) is 6.92 Å². The Bertz CT molecular complexity index is 904. The van der Waals surface area contributed by atoms with Gasteiger partial charge in [0.1, 0.15) is 19.0 Å². The maximum atomic E-state index is 12.6. The van der Waals surface area contributed by atoms with Gasteiger partial charge < -0.3 is 9.47 Å². The number of rotatable bonds is 7. The molecule has 144 valence electrons. The zero-order chi connectivity index (χ0) is 19.3. The summed E-state index contributed by atoms with van der Waals surface area (Å²) in [5.74, 6) is 0.175. The Labute approximate surface area is 159 Å². The fourth-order valence-corrected chi connectivity index (χ4v) is 4.51. The van der Waals surface area contributed by atoms with E-state index in [1.807, 2.05) is 31.2 Å². The second-order valence-corrected chi connectivity index (χ2v) is 8.33. The molecule has 0 spiro atoms. The molecule has 1 aliphatic heterocycles. The summed E-state index contributed by atoms with van der Waals surface area (Å²) in [4.78, 5) is 12.4. The topological polar surface area (TPSA) is 72.9 Å². The summed E-state index contributed by atoms with van der Waals surface area (Å²) in [6.07, 6.45) is 1.73. The third kappa shape index (κ3) is 4.67. The van der Waals surface area contributed by atoms with Crippen molar-refractivity contribution in [2.45, 2.75) is 24.7 Å². The van der Waals surface area contributed by atoms with E-state index in [2.05, 4.69) is 0 Å². The van der Waals surface area contributed by atoms with Crippen LogP contribution in [0.2, 0.25) is 0 Å². The Kier molecular flexibility index (Phi) is 6.13. The molecule has 0 saturated carbocycles. The van der Waals surface area contributed by atoms with Gasteiger partial charge in [-0.25, -0.2) is 13.2 Å². The van der Waals surface area contributed by atoms with Crippen molar-refractivity contribution in [2.75, 3.05) is 26.3 Å². The van der Waals surface area contributed by atoms with Crippen LogP contribution in [0.4, 0.5) is 0 Å². The molecule has 0 aliphatic carbocycles. The van der Waals surface area contributed by atoms with Gasteiger partial charge in [-0.2, -0.15) is 4.31 Å². The zero-order valence-electron chi connectivity index (χ0n) is 15.3. The molecule has 0 unspecified atom stereocenters. The van der Waals surface area contributed by atoms with Gasteiger partial charge in [-0.05, 0) is 49.6 Å². The summed E-state index contributed by atoms with van der Waals surface area (Å²) in [5, 5.41) is 0. The lowest BCUT2D eigenvalue weighted by Crippen LogP contribution is -2.28. The Morgan fingerprint density at radius 2 is 1.78 bits per heavy atom. The first kappa shape index (κ1) is 19.4. The monoisotopic (exact) mass is 389 g/mol. The normalized spacial score (nSPS) is 14.9. The molecule has 7 heteroatoms. The van der Waals surface area contributed by atoms with E-state index in [1.54, 1.807) is 12.1 Å². The number of para-hydroxylation sites is 1. The molecule has 1 saturated heterocycles. The molecule has 1 aliphatic rings. The van der Waals surface area contributed by atoms with Gasteiger partial charge in [-0.3, -0.25) is 0 Å². The molecule has 0 aromatic heterocycles. The SMILES string of the molecule is Cc1ccccc1OCCOC(=O)c1cccc(S(=O)(=O)N2CCCC2)c1. The summed E-state index contributed by atoms with van der Waals surface area (Å²) < 4.78 is 37.5. The lowest BCUT2D eigenvalue weighted by molar-refractivity contribution is 0.0450. The standard InChI is InChI=1S/C20H23NO5S/c1-16-7-2-3-10-19(16)25-13-14-26-20(22)17-8-6-9-18(15-17)27(23,24)21-11-4-5-12-21/h2-3,6-10,15H,4-5,11-14H2,1H3. The van der Waals surface area contributed by atoms with Crippen molar-refractivity contribution < 1.29 is 22.7 Å². The van der Waals surface area contributed by atoms with Gasteiger partial charge in [-0.15, -0.1) is 0 Å². The van der Waals surface area contributed by atoms with E-state index >= 15 is 0 Å². The number of benzene rings is 2. The average Bonchev–Trinajstić information content (AvgIpc) is 3.22. The van der Waals surface area contributed by atoms with E-state index in [0.29, 0.717) is 13.1 Å². The van der Waals surface area contributed by atoms with Crippen molar-refractivity contribution >= 4 is 16.0 Å². The van der Waals surface area contributed by atoms with Crippen LogP contribution in [-0.4, -0.2) is 45.0 Å². The van der Waals surface area contributed by atoms with Gasteiger partial charge in [0.2, 0.25) is 10.0 Å². The molecule has 0 radical (unpaired) electrons. The van der Waals surface area contributed by atoms with Gasteiger partial charge in [0.25, 0.3) is 0 Å². The van der Waals surface area contributed by atoms with Gasteiger partial charge in [0.05, 0.1) is 10.5 Å². The van der Waals surface area contributed by atoms with Crippen LogP contribution in [-0.2, 0) is 14.8 Å². The summed E-state index contributed by atoms with van der Waals surface area (Å²) >= 11 is 0. The minimum absolute atomic E-state index is 0.0796. The third-order valence-electron chi connectivity index (χ3n) is 4.44. The molecule has 27 heavy (non-hydrogen) atoms. The predicted octanol–water partition coefficient (Wildman–Crippen LogP) is 3.02. The average molecular weight is 389 g/mol. The predicted molar refractivity (Wildman–Crippen MR) is 101 cm³/mol. The van der Waals surface area contributed by atoms with Crippen molar-refractivity contribution in [1.82, 2.24) is 4.31 Å². The maximum absolute atomic E-state index is 12.6. The molecule has 0 bridgehead atoms. The van der Waals surface area contributed by atoms with E-state index in [4.69, 9.17) is 9.47 Å². The van der Waals surface area contributed by atoms with E-state index < -0.39 is 16.0 Å². The van der Waals surface area contributed by atoms with Crippen molar-refractivity contribution in [1.29, 1.82) is 0 Å². The molecule has 0 atom stereocenters. The summed E-state index contributed by atoms with van der Waals surface area (Å²) in [5.41, 5.74) is 1.22. The molecule has 1 fully saturated rings. The second kappa shape index (κ2) is 8.54. The first-order chi connectivity index (χ1) is 13.0. The maximum Gasteiger partial charge on any atom is 0.338 e. The molecule has 0 N–H and O–H groups in total. The van der Waals surface area contributed by atoms with Crippen LogP contribution in [0.3, 0.4) is 0 Å². The quantitative estimate of drug-likeness (QED) is 0.538. The van der Waals surface area contributed by atoms with Crippen LogP contribution in [0.25, 0.3) is 0 Å². The molecule has 6 nitrogen and oxygen atoms in total. The Morgan fingerprint density at radius 3 is 2.52 bits per heavy atom. The molecule has 0 amide bonds. The number of carbonyl (C=O) groups is 1. The fraction of sp³-hybridized carbons (Fsp3) is 0.350. The lowest BCUT2D eigenvalue weighted by Gasteiger charge is -2.16. The van der Waals surface area contributed by atoms with Crippen LogP contribution < -0.4 is 4.74 Å². The van der Waals surface area contributed by atoms with Crippen molar-refractivity contribution in [3.05, 3.63) is 59.7 Å². The highest BCUT2D eigenvalue weighted by Crippen LogP contribution is 2.22. The number of carbonyl (C=O) groups excluding carboxylic acids is 1. The summed E-state index contributed by atoms with van der Waals surface area (Å²) in [6, 6.07) is 13.6. The smallest absolute Gasteiger partial charge is 0.338 e. The van der Waals surface area contributed by atoms with E-state index in [1.165, 1.54) is 16.4 Å². The zero-order valence-corrected chi connectivity index (χ0v) is 16.1. The van der Waals surface area contributed by atoms with E-state index in [-0.39, 0.29) is 23.7 Å². The van der Waals surface area contributed by atoms with Crippen molar-refractivity contribution in [3.8, 4) is 5.75 Å². The van der Waals surface area contributed by atoms with Gasteiger partial charge in [0, 0.05) is 13.1 Å². The van der Waals surface area contributed by atoms with Crippen molar-refractivity contribution in [2.24, 2.45) is 0 Å². The third-order valence-corrected chi connectivity index (χ3v) is 6.33. The van der Waals surface area contributed by atoms with Gasteiger partial charge in [0.15, 0.2) is 0 Å². The van der Waals surface area contributed by atoms with Crippen molar-refractivity contribution in [3.63, 3.8) is 0 Å². The van der Waals surface area contributed by atoms with Crippen LogP contribution in [0.1, 0.15) is 28.8 Å². The number of sulfonamides is 1. The van der Waals surface area contributed by atoms with Crippen LogP contribution >= 0.6 is 0 Å². The van der Waals surface area contributed by atoms with E-state index in [9.17, 15) is 13.2 Å². The number of nitrogens with zero attached hydrogens (tertiary/aromatic N) is 1. The molecule has 2 aromatic rings. The minimum atomic E-state index is -3.56. The first-order valence-electron chi connectivity index (χ1n) is 8.94. The number of hydrogen-bond acceptors (Lipinski definition) is 5. The molecular weight excluding hydrogens is 366 g/mol. The largest absolute Gasteiger partial charge is 0.490 e. The molecular formula is C20H23NO5S. The van der Waals surface area contributed by atoms with Gasteiger partial charge in [-0.1, -0.05) is 24.3 Å². The summed E-state index contributed by atoms with van der Waals surface area (Å²) in [7, 11) is -3.56. The summed E-state index contributed by atoms with van der Waals surface area (Å²) in [6.45, 7) is 3.28. The number of aryl methyl sites for hydroxylation is 1. The van der Waals surface area contributed by atoms with Crippen LogP contribution in [0.5, 0.6) is 5.75 Å². The Morgan fingerprint density at radius 1 is 1.04 bits per heavy atom. The fourth-order valence-electron chi connectivity index (χ4n) is 2.95. The minimum Gasteiger partial charge on any atom is -0.490 e. The highest BCUT2D eigenvalue weighted by Gasteiger charge is 2.27. The number of esters is 1. The number of ether oxygens (including phenoxy) is 2. The van der Waals surface area contributed by atoms with Gasteiger partial charge >= 0.3 is 5.97 Å². The van der Waals surface area contributed by atoms with Crippen LogP contribution in [0.15, 0.2) is 53.4 Å². The molecule has 3 rings (SSSR count). The van der Waals surface area contributed by atoms with E-state index in [0.717, 1.165) is 24.2 Å². The molecule has 1 heterocycles. The highest BCUT2D eigenvalue weighted by molar-refractivity contribution is 7.89. The first-order valence-corrected chi connectivity index (χ1v) is 10.4. The Hall–Kier alpha value is -2.38.